The molecule has 1 heterocycles. The van der Waals surface area contributed by atoms with E-state index in [4.69, 9.17) is 10.1 Å². The van der Waals surface area contributed by atoms with Crippen molar-refractivity contribution in [3.8, 4) is 0 Å². The number of nitrogens with one attached hydrogen (secondary N) is 2. The highest BCUT2D eigenvalue weighted by molar-refractivity contribution is 7.89. The summed E-state index contributed by atoms with van der Waals surface area (Å²) in [5.74, 6) is -1.74. The van der Waals surface area contributed by atoms with Crippen LogP contribution in [-0.4, -0.2) is 43.6 Å². The average molecular weight is 379 g/mol. The summed E-state index contributed by atoms with van der Waals surface area (Å²) in [5.41, 5.74) is -0.296. The second kappa shape index (κ2) is 7.20. The van der Waals surface area contributed by atoms with Crippen molar-refractivity contribution < 1.29 is 17.5 Å². The van der Waals surface area contributed by atoms with Crippen molar-refractivity contribution in [3.05, 3.63) is 60.0 Å². The lowest BCUT2D eigenvalue weighted by molar-refractivity contribution is 0.0472. The van der Waals surface area contributed by atoms with Crippen LogP contribution < -0.4 is 5.32 Å². The molecule has 2 atom stereocenters. The lowest BCUT2D eigenvalue weighted by Gasteiger charge is -2.46. The van der Waals surface area contributed by atoms with Gasteiger partial charge < -0.3 is 10.1 Å². The van der Waals surface area contributed by atoms with E-state index in [1.165, 1.54) is 13.1 Å². The maximum absolute atomic E-state index is 14.5. The molecule has 26 heavy (non-hydrogen) atoms. The minimum atomic E-state index is -3.74. The molecule has 1 aliphatic carbocycles. The number of halogens is 1. The van der Waals surface area contributed by atoms with Gasteiger partial charge in [0, 0.05) is 13.0 Å². The van der Waals surface area contributed by atoms with Crippen LogP contribution in [-0.2, 0) is 21.4 Å². The molecule has 0 radical (unpaired) electrons. The Kier molecular flexibility index (Phi) is 5.15. The van der Waals surface area contributed by atoms with E-state index in [1.54, 1.807) is 12.2 Å². The molecule has 8 heteroatoms. The number of sulfonamides is 1. The number of nitrogens with zero attached hydrogens (tertiary/aromatic N) is 1. The highest BCUT2D eigenvalue weighted by Crippen LogP contribution is 2.36. The third-order valence-electron chi connectivity index (χ3n) is 4.77. The highest BCUT2D eigenvalue weighted by atomic mass is 32.2. The number of ether oxygens (including phenoxy) is 1. The zero-order valence-electron chi connectivity index (χ0n) is 14.5. The summed E-state index contributed by atoms with van der Waals surface area (Å²) in [4.78, 5) is 0. The van der Waals surface area contributed by atoms with E-state index in [-0.39, 0.29) is 24.9 Å². The van der Waals surface area contributed by atoms with Gasteiger partial charge in [0.15, 0.2) is 0 Å². The van der Waals surface area contributed by atoms with E-state index in [1.807, 2.05) is 30.3 Å². The fraction of sp³-hybridized carbons (Fsp3) is 0.389. The van der Waals surface area contributed by atoms with Gasteiger partial charge in [0.05, 0.1) is 24.5 Å². The van der Waals surface area contributed by atoms with Gasteiger partial charge in [-0.2, -0.15) is 0 Å². The molecule has 1 unspecified atom stereocenters. The van der Waals surface area contributed by atoms with E-state index in [2.05, 4.69) is 5.32 Å². The Morgan fingerprint density at radius 1 is 1.38 bits per heavy atom. The molecule has 3 rings (SSSR count). The number of hydrogen-bond donors (Lipinski definition) is 2. The van der Waals surface area contributed by atoms with Gasteiger partial charge in [-0.15, -0.1) is 0 Å². The quantitative estimate of drug-likeness (QED) is 0.821. The minimum absolute atomic E-state index is 0.0306. The molecule has 1 fully saturated rings. The van der Waals surface area contributed by atoms with Crippen LogP contribution in [0.25, 0.3) is 0 Å². The van der Waals surface area contributed by atoms with Crippen LogP contribution in [0.2, 0.25) is 0 Å². The van der Waals surface area contributed by atoms with Crippen LogP contribution in [0.1, 0.15) is 12.0 Å². The summed E-state index contributed by atoms with van der Waals surface area (Å²) >= 11 is 0. The van der Waals surface area contributed by atoms with Gasteiger partial charge in [0.1, 0.15) is 5.83 Å². The average Bonchev–Trinajstić information content (AvgIpc) is 2.61. The summed E-state index contributed by atoms with van der Waals surface area (Å²) in [5, 5.41) is 10.9. The molecule has 2 aliphatic rings. The molecule has 0 saturated carbocycles. The maximum atomic E-state index is 14.5. The predicted octanol–water partition coefficient (Wildman–Crippen LogP) is 2.17. The lowest BCUT2D eigenvalue weighted by Crippen LogP contribution is -2.69. The third-order valence-corrected chi connectivity index (χ3v) is 6.67. The Morgan fingerprint density at radius 2 is 2.12 bits per heavy atom. The summed E-state index contributed by atoms with van der Waals surface area (Å²) in [6.45, 7) is 0.249. The monoisotopic (exact) mass is 379 g/mol. The van der Waals surface area contributed by atoms with Gasteiger partial charge in [0.2, 0.25) is 16.0 Å². The van der Waals surface area contributed by atoms with Crippen molar-refractivity contribution in [1.82, 2.24) is 9.62 Å². The van der Waals surface area contributed by atoms with E-state index in [0.29, 0.717) is 6.42 Å². The van der Waals surface area contributed by atoms with E-state index in [9.17, 15) is 12.8 Å². The van der Waals surface area contributed by atoms with E-state index in [0.717, 1.165) is 9.87 Å². The lowest BCUT2D eigenvalue weighted by atomic mass is 9.80. The Labute approximate surface area is 152 Å². The number of allylic oxidation sites excluding steroid dienone is 3. The fourth-order valence-corrected chi connectivity index (χ4v) is 4.82. The number of rotatable bonds is 5. The van der Waals surface area contributed by atoms with Crippen molar-refractivity contribution in [2.75, 3.05) is 19.4 Å². The zero-order chi connectivity index (χ0) is 18.8. The molecule has 0 amide bonds. The van der Waals surface area contributed by atoms with Crippen molar-refractivity contribution in [2.24, 2.45) is 5.92 Å². The molecule has 1 aliphatic heterocycles. The SMILES string of the molecule is CN1C(=N)N[C@](COCc2ccccc2)(C2CC=CC=C2F)CS1(=O)=O. The second-order valence-electron chi connectivity index (χ2n) is 6.60. The van der Waals surface area contributed by atoms with Crippen molar-refractivity contribution >= 4 is 16.0 Å². The smallest absolute Gasteiger partial charge is 0.239 e. The Hall–Kier alpha value is -2.19. The highest BCUT2D eigenvalue weighted by Gasteiger charge is 2.50. The van der Waals surface area contributed by atoms with Crippen LogP contribution in [0.4, 0.5) is 4.39 Å². The summed E-state index contributed by atoms with van der Waals surface area (Å²) in [6, 6.07) is 9.47. The number of guanidine groups is 1. The van der Waals surface area contributed by atoms with E-state index < -0.39 is 27.3 Å². The van der Waals surface area contributed by atoms with Gasteiger partial charge in [0.25, 0.3) is 0 Å². The van der Waals surface area contributed by atoms with Gasteiger partial charge in [-0.1, -0.05) is 42.5 Å². The first-order valence-corrected chi connectivity index (χ1v) is 9.92. The number of benzene rings is 1. The molecule has 2 N–H and O–H groups in total. The summed E-state index contributed by atoms with van der Waals surface area (Å²) in [6.07, 6.45) is 5.09. The van der Waals surface area contributed by atoms with Gasteiger partial charge in [-0.3, -0.25) is 5.41 Å². The molecule has 0 spiro atoms. The Morgan fingerprint density at radius 3 is 2.77 bits per heavy atom. The predicted molar refractivity (Wildman–Crippen MR) is 97.7 cm³/mol. The fourth-order valence-electron chi connectivity index (χ4n) is 3.30. The summed E-state index contributed by atoms with van der Waals surface area (Å²) in [7, 11) is -2.43. The van der Waals surface area contributed by atoms with Crippen molar-refractivity contribution in [2.45, 2.75) is 18.6 Å². The molecular weight excluding hydrogens is 357 g/mol. The Balaban J connectivity index is 1.86. The summed E-state index contributed by atoms with van der Waals surface area (Å²) < 4.78 is 46.2. The largest absolute Gasteiger partial charge is 0.374 e. The minimum Gasteiger partial charge on any atom is -0.374 e. The van der Waals surface area contributed by atoms with Crippen LogP contribution in [0.15, 0.2) is 54.4 Å². The van der Waals surface area contributed by atoms with Crippen LogP contribution in [0.3, 0.4) is 0 Å². The molecule has 1 aromatic carbocycles. The molecule has 6 nitrogen and oxygen atoms in total. The normalized spacial score (nSPS) is 27.8. The second-order valence-corrected chi connectivity index (χ2v) is 8.60. The molecule has 0 bridgehead atoms. The topological polar surface area (TPSA) is 82.5 Å². The molecule has 140 valence electrons. The van der Waals surface area contributed by atoms with Gasteiger partial charge >= 0.3 is 0 Å². The standard InChI is InChI=1S/C18H22FN3O3S/c1-22-17(20)21-18(13-26(22,23)24,15-9-5-6-10-16(15)19)12-25-11-14-7-3-2-4-8-14/h2-8,10,15H,9,11-13H2,1H3,(H2,20,21)/t15?,18-/m0/s1. The zero-order valence-corrected chi connectivity index (χ0v) is 15.3. The third kappa shape index (κ3) is 3.66. The van der Waals surface area contributed by atoms with Crippen molar-refractivity contribution in [1.29, 1.82) is 5.41 Å². The molecule has 0 aromatic heterocycles. The van der Waals surface area contributed by atoms with Gasteiger partial charge in [-0.25, -0.2) is 17.1 Å². The molecular formula is C18H22FN3O3S. The number of hydrogen-bond acceptors (Lipinski definition) is 4. The van der Waals surface area contributed by atoms with Gasteiger partial charge in [-0.05, 0) is 18.1 Å². The first kappa shape index (κ1) is 18.6. The van der Waals surface area contributed by atoms with Crippen LogP contribution in [0.5, 0.6) is 0 Å². The molecule has 1 aromatic rings. The first-order chi connectivity index (χ1) is 12.3. The van der Waals surface area contributed by atoms with Crippen LogP contribution in [0, 0.1) is 11.3 Å². The molecule has 1 saturated heterocycles. The Bertz CT molecular complexity index is 838. The van der Waals surface area contributed by atoms with Crippen LogP contribution >= 0.6 is 0 Å². The maximum Gasteiger partial charge on any atom is 0.239 e. The van der Waals surface area contributed by atoms with Crippen molar-refractivity contribution in [3.63, 3.8) is 0 Å². The first-order valence-electron chi connectivity index (χ1n) is 8.31. The van der Waals surface area contributed by atoms with E-state index >= 15 is 0 Å².